The summed E-state index contributed by atoms with van der Waals surface area (Å²) >= 11 is 5.99. The van der Waals surface area contributed by atoms with Crippen molar-refractivity contribution in [3.63, 3.8) is 0 Å². The highest BCUT2D eigenvalue weighted by Gasteiger charge is 2.08. The molecule has 0 N–H and O–H groups in total. The number of hydrogen-bond acceptors (Lipinski definition) is 0. The quantitative estimate of drug-likeness (QED) is 0.719. The maximum Gasteiger partial charge on any atom is 0.137 e. The molecule has 0 aliphatic heterocycles. The Morgan fingerprint density at radius 2 is 1.92 bits per heavy atom. The number of allylic oxidation sites excluding steroid dienone is 1. The summed E-state index contributed by atoms with van der Waals surface area (Å²) in [5, 5.41) is 0. The smallest absolute Gasteiger partial charge is 0.137 e. The largest absolute Gasteiger partial charge is 0.207 e. The summed E-state index contributed by atoms with van der Waals surface area (Å²) in [5.41, 5.74) is 0.294. The van der Waals surface area contributed by atoms with Gasteiger partial charge in [-0.05, 0) is 38.1 Å². The molecule has 4 heteroatoms. The van der Waals surface area contributed by atoms with Crippen molar-refractivity contribution in [1.82, 2.24) is 0 Å². The molecular formula is C9H6Br2F2. The predicted octanol–water partition coefficient (Wildman–Crippen LogP) is 4.18. The minimum absolute atomic E-state index is 0.133. The molecule has 1 aromatic rings. The molecule has 0 atom stereocenters. The first kappa shape index (κ1) is 10.9. The first-order valence-electron chi connectivity index (χ1n) is 3.47. The molecule has 1 aromatic carbocycles. The summed E-state index contributed by atoms with van der Waals surface area (Å²) in [6.07, 6.45) is 0.288. The van der Waals surface area contributed by atoms with Crippen molar-refractivity contribution in [2.24, 2.45) is 0 Å². The molecule has 0 fully saturated rings. The summed E-state index contributed by atoms with van der Waals surface area (Å²) in [7, 11) is 0. The van der Waals surface area contributed by atoms with Gasteiger partial charge >= 0.3 is 0 Å². The van der Waals surface area contributed by atoms with Crippen LogP contribution in [-0.4, -0.2) is 0 Å². The zero-order valence-corrected chi connectivity index (χ0v) is 9.75. The lowest BCUT2D eigenvalue weighted by molar-refractivity contribution is 0.584. The lowest BCUT2D eigenvalue weighted by Crippen LogP contribution is -1.92. The standard InChI is InChI=1S/C9H6Br2F2/c1-5(10)2-6-3-9(13)7(11)4-8(6)12/h3-4H,1-2H2. The third-order valence-corrected chi connectivity index (χ3v) is 2.36. The van der Waals surface area contributed by atoms with Gasteiger partial charge in [0.25, 0.3) is 0 Å². The number of hydrogen-bond donors (Lipinski definition) is 0. The zero-order valence-electron chi connectivity index (χ0n) is 6.58. The first-order chi connectivity index (χ1) is 6.00. The maximum absolute atomic E-state index is 13.1. The van der Waals surface area contributed by atoms with Gasteiger partial charge in [-0.15, -0.1) is 0 Å². The van der Waals surface area contributed by atoms with Crippen LogP contribution in [0.15, 0.2) is 27.7 Å². The van der Waals surface area contributed by atoms with E-state index in [0.29, 0.717) is 10.0 Å². The van der Waals surface area contributed by atoms with Crippen LogP contribution in [0.1, 0.15) is 5.56 Å². The van der Waals surface area contributed by atoms with Gasteiger partial charge in [0.1, 0.15) is 11.6 Å². The Bertz CT molecular complexity index is 348. The van der Waals surface area contributed by atoms with E-state index in [4.69, 9.17) is 0 Å². The van der Waals surface area contributed by atoms with E-state index in [0.717, 1.165) is 12.1 Å². The highest BCUT2D eigenvalue weighted by atomic mass is 79.9. The molecule has 0 saturated heterocycles. The van der Waals surface area contributed by atoms with E-state index >= 15 is 0 Å². The van der Waals surface area contributed by atoms with Crippen molar-refractivity contribution in [2.75, 3.05) is 0 Å². The second kappa shape index (κ2) is 4.33. The molecule has 0 heterocycles. The van der Waals surface area contributed by atoms with E-state index in [9.17, 15) is 8.78 Å². The third kappa shape index (κ3) is 2.88. The monoisotopic (exact) mass is 310 g/mol. The fraction of sp³-hybridized carbons (Fsp3) is 0.111. The van der Waals surface area contributed by atoms with Crippen LogP contribution < -0.4 is 0 Å². The average Bonchev–Trinajstić information content (AvgIpc) is 1.99. The molecule has 0 radical (unpaired) electrons. The Labute approximate surface area is 91.9 Å². The molecule has 13 heavy (non-hydrogen) atoms. The van der Waals surface area contributed by atoms with Gasteiger partial charge in [-0.3, -0.25) is 0 Å². The van der Waals surface area contributed by atoms with Gasteiger partial charge in [0.05, 0.1) is 4.47 Å². The van der Waals surface area contributed by atoms with Gasteiger partial charge in [-0.1, -0.05) is 22.5 Å². The van der Waals surface area contributed by atoms with E-state index in [-0.39, 0.29) is 10.9 Å². The Morgan fingerprint density at radius 3 is 2.46 bits per heavy atom. The molecule has 0 bridgehead atoms. The van der Waals surface area contributed by atoms with E-state index in [1.807, 2.05) is 0 Å². The third-order valence-electron chi connectivity index (χ3n) is 1.47. The van der Waals surface area contributed by atoms with Crippen molar-refractivity contribution in [3.8, 4) is 0 Å². The Morgan fingerprint density at radius 1 is 1.31 bits per heavy atom. The van der Waals surface area contributed by atoms with Crippen LogP contribution in [0.5, 0.6) is 0 Å². The molecule has 0 unspecified atom stereocenters. The summed E-state index contributed by atoms with van der Waals surface area (Å²) in [5.74, 6) is -0.904. The van der Waals surface area contributed by atoms with Gasteiger partial charge in [-0.25, -0.2) is 8.78 Å². The van der Waals surface area contributed by atoms with Gasteiger partial charge in [0.15, 0.2) is 0 Å². The maximum atomic E-state index is 13.1. The van der Waals surface area contributed by atoms with Crippen molar-refractivity contribution >= 4 is 31.9 Å². The van der Waals surface area contributed by atoms with E-state index < -0.39 is 11.6 Å². The fourth-order valence-corrected chi connectivity index (χ4v) is 1.52. The minimum Gasteiger partial charge on any atom is -0.207 e. The van der Waals surface area contributed by atoms with Gasteiger partial charge in [-0.2, -0.15) is 0 Å². The SMILES string of the molecule is C=C(Br)Cc1cc(F)c(Br)cc1F. The summed E-state index contributed by atoms with van der Waals surface area (Å²) in [6, 6.07) is 2.27. The highest BCUT2D eigenvalue weighted by molar-refractivity contribution is 9.11. The van der Waals surface area contributed by atoms with Gasteiger partial charge in [0, 0.05) is 6.42 Å². The minimum atomic E-state index is -0.467. The lowest BCUT2D eigenvalue weighted by atomic mass is 10.1. The first-order valence-corrected chi connectivity index (χ1v) is 5.06. The molecular weight excluding hydrogens is 306 g/mol. The topological polar surface area (TPSA) is 0 Å². The number of halogens is 4. The molecule has 1 rings (SSSR count). The molecule has 0 aromatic heterocycles. The van der Waals surface area contributed by atoms with E-state index in [1.165, 1.54) is 0 Å². The molecule has 0 nitrogen and oxygen atoms in total. The molecule has 70 valence electrons. The van der Waals surface area contributed by atoms with Crippen molar-refractivity contribution in [3.05, 3.63) is 44.9 Å². The molecule has 0 amide bonds. The molecule has 0 aliphatic carbocycles. The second-order valence-electron chi connectivity index (χ2n) is 2.55. The van der Waals surface area contributed by atoms with Gasteiger partial charge in [0.2, 0.25) is 0 Å². The number of rotatable bonds is 2. The fourth-order valence-electron chi connectivity index (χ4n) is 0.906. The van der Waals surface area contributed by atoms with Crippen LogP contribution >= 0.6 is 31.9 Å². The van der Waals surface area contributed by atoms with Crippen LogP contribution in [-0.2, 0) is 6.42 Å². The Kier molecular flexibility index (Phi) is 3.62. The summed E-state index contributed by atoms with van der Waals surface area (Å²) in [6.45, 7) is 3.56. The Hall–Kier alpha value is -0.220. The second-order valence-corrected chi connectivity index (χ2v) is 4.53. The molecule has 0 aliphatic rings. The van der Waals surface area contributed by atoms with Crippen LogP contribution in [0.25, 0.3) is 0 Å². The van der Waals surface area contributed by atoms with E-state index in [1.54, 1.807) is 0 Å². The normalized spacial score (nSPS) is 10.2. The average molecular weight is 312 g/mol. The zero-order chi connectivity index (χ0) is 10.0. The Balaban J connectivity index is 3.08. The predicted molar refractivity (Wildman–Crippen MR) is 55.8 cm³/mol. The van der Waals surface area contributed by atoms with Crippen LogP contribution in [0, 0.1) is 11.6 Å². The summed E-state index contributed by atoms with van der Waals surface area (Å²) < 4.78 is 26.8. The van der Waals surface area contributed by atoms with Crippen molar-refractivity contribution in [1.29, 1.82) is 0 Å². The van der Waals surface area contributed by atoms with Crippen LogP contribution in [0.3, 0.4) is 0 Å². The number of benzene rings is 1. The molecule has 0 spiro atoms. The molecule has 0 saturated carbocycles. The van der Waals surface area contributed by atoms with Gasteiger partial charge < -0.3 is 0 Å². The van der Waals surface area contributed by atoms with Crippen LogP contribution in [0.2, 0.25) is 0 Å². The highest BCUT2D eigenvalue weighted by Crippen LogP contribution is 2.22. The van der Waals surface area contributed by atoms with E-state index in [2.05, 4.69) is 38.4 Å². The lowest BCUT2D eigenvalue weighted by Gasteiger charge is -2.03. The van der Waals surface area contributed by atoms with Crippen LogP contribution in [0.4, 0.5) is 8.78 Å². The van der Waals surface area contributed by atoms with Crippen molar-refractivity contribution < 1.29 is 8.78 Å². The summed E-state index contributed by atoms with van der Waals surface area (Å²) in [4.78, 5) is 0. The van der Waals surface area contributed by atoms with Crippen molar-refractivity contribution in [2.45, 2.75) is 6.42 Å².